The second-order valence-electron chi connectivity index (χ2n) is 9.95. The van der Waals surface area contributed by atoms with E-state index >= 15 is 0 Å². The van der Waals surface area contributed by atoms with Gasteiger partial charge in [-0.25, -0.2) is 0 Å². The summed E-state index contributed by atoms with van der Waals surface area (Å²) in [6, 6.07) is 10.3. The van der Waals surface area contributed by atoms with Gasteiger partial charge in [-0.3, -0.25) is 14.5 Å². The van der Waals surface area contributed by atoms with Gasteiger partial charge in [0, 0.05) is 26.2 Å². The number of rotatable bonds is 8. The molecule has 4 heterocycles. The predicted octanol–water partition coefficient (Wildman–Crippen LogP) is 4.89. The number of methoxy groups -OCH3 is 1. The standard InChI is InChI=1S/C29H28Cl2N6O6S/c1-40-23-15-18(16-24-25(38)37(29(39)44-24)17-19-2-4-20(30)21(31)14-19)3-5-22(23)43-28-33-26(35-6-10-41-11-7-35)32-27(34-28)36-8-12-42-13-9-36/h2-5,14-16H,6-13,17H2,1H3/b24-16-. The number of thioether (sulfide) groups is 1. The molecule has 3 aromatic rings. The Labute approximate surface area is 267 Å². The summed E-state index contributed by atoms with van der Waals surface area (Å²) in [6.07, 6.45) is 1.64. The van der Waals surface area contributed by atoms with Gasteiger partial charge in [0.2, 0.25) is 11.9 Å². The highest BCUT2D eigenvalue weighted by Crippen LogP contribution is 2.37. The SMILES string of the molecule is COc1cc(/C=C2\SC(=O)N(Cc3ccc(Cl)c(Cl)c3)C2=O)ccc1Oc1nc(N2CCOCC2)nc(N2CCOCC2)n1. The first-order chi connectivity index (χ1) is 21.4. The monoisotopic (exact) mass is 658 g/mol. The van der Waals surface area contributed by atoms with Gasteiger partial charge in [-0.2, -0.15) is 15.0 Å². The Morgan fingerprint density at radius 1 is 0.864 bits per heavy atom. The molecule has 3 aliphatic heterocycles. The van der Waals surface area contributed by atoms with Crippen molar-refractivity contribution in [2.75, 3.05) is 69.5 Å². The molecule has 0 aliphatic carbocycles. The first kappa shape index (κ1) is 30.4. The van der Waals surface area contributed by atoms with E-state index in [9.17, 15) is 9.59 Å². The van der Waals surface area contributed by atoms with E-state index in [1.54, 1.807) is 42.5 Å². The molecule has 0 atom stereocenters. The number of hydrogen-bond acceptors (Lipinski definition) is 12. The molecule has 0 N–H and O–H groups in total. The Balaban J connectivity index is 1.22. The molecule has 3 aliphatic rings. The third-order valence-electron chi connectivity index (χ3n) is 7.06. The smallest absolute Gasteiger partial charge is 0.328 e. The van der Waals surface area contributed by atoms with Crippen molar-refractivity contribution in [2.24, 2.45) is 0 Å². The van der Waals surface area contributed by atoms with Gasteiger partial charge in [-0.15, -0.1) is 0 Å². The van der Waals surface area contributed by atoms with Crippen LogP contribution in [0, 0.1) is 0 Å². The molecule has 0 saturated carbocycles. The van der Waals surface area contributed by atoms with E-state index in [1.165, 1.54) is 12.0 Å². The van der Waals surface area contributed by atoms with Crippen molar-refractivity contribution >= 4 is 64.1 Å². The van der Waals surface area contributed by atoms with Crippen LogP contribution in [0.3, 0.4) is 0 Å². The van der Waals surface area contributed by atoms with Crippen LogP contribution in [0.1, 0.15) is 11.1 Å². The average Bonchev–Trinajstić information content (AvgIpc) is 3.31. The maximum absolute atomic E-state index is 13.1. The summed E-state index contributed by atoms with van der Waals surface area (Å²) in [5, 5.41) is 0.380. The van der Waals surface area contributed by atoms with Crippen LogP contribution >= 0.6 is 35.0 Å². The van der Waals surface area contributed by atoms with Crippen molar-refractivity contribution in [1.82, 2.24) is 19.9 Å². The quantitative estimate of drug-likeness (QED) is 0.307. The van der Waals surface area contributed by atoms with Crippen LogP contribution in [0.4, 0.5) is 16.7 Å². The van der Waals surface area contributed by atoms with Crippen LogP contribution in [0.5, 0.6) is 17.5 Å². The van der Waals surface area contributed by atoms with Gasteiger partial charge in [-0.1, -0.05) is 35.3 Å². The van der Waals surface area contributed by atoms with Gasteiger partial charge in [0.25, 0.3) is 11.1 Å². The number of amides is 2. The topological polar surface area (TPSA) is 119 Å². The van der Waals surface area contributed by atoms with Gasteiger partial charge in [-0.05, 0) is 53.2 Å². The Hall–Kier alpha value is -3.62. The molecule has 2 aromatic carbocycles. The number of ether oxygens (including phenoxy) is 4. The number of anilines is 2. The molecule has 0 bridgehead atoms. The van der Waals surface area contributed by atoms with Crippen molar-refractivity contribution in [3.05, 3.63) is 62.5 Å². The van der Waals surface area contributed by atoms with Crippen molar-refractivity contribution in [2.45, 2.75) is 6.54 Å². The van der Waals surface area contributed by atoms with Crippen molar-refractivity contribution < 1.29 is 28.5 Å². The summed E-state index contributed by atoms with van der Waals surface area (Å²) in [5.74, 6) is 1.39. The van der Waals surface area contributed by atoms with Gasteiger partial charge in [0.1, 0.15) is 0 Å². The number of halogens is 2. The predicted molar refractivity (Wildman–Crippen MR) is 167 cm³/mol. The summed E-state index contributed by atoms with van der Waals surface area (Å²) in [6.45, 7) is 5.04. The molecule has 2 amide bonds. The molecule has 3 fully saturated rings. The molecule has 230 valence electrons. The number of benzene rings is 2. The summed E-state index contributed by atoms with van der Waals surface area (Å²) >= 11 is 13.0. The van der Waals surface area contributed by atoms with Crippen LogP contribution in [-0.2, 0) is 20.8 Å². The fourth-order valence-electron chi connectivity index (χ4n) is 4.76. The van der Waals surface area contributed by atoms with E-state index in [-0.39, 0.29) is 22.7 Å². The molecule has 3 saturated heterocycles. The zero-order chi connectivity index (χ0) is 30.6. The highest BCUT2D eigenvalue weighted by molar-refractivity contribution is 8.18. The molecule has 12 nitrogen and oxygen atoms in total. The molecule has 0 spiro atoms. The summed E-state index contributed by atoms with van der Waals surface area (Å²) in [5.41, 5.74) is 1.34. The van der Waals surface area contributed by atoms with Crippen molar-refractivity contribution in [3.63, 3.8) is 0 Å². The van der Waals surface area contributed by atoms with Crippen LogP contribution in [0.15, 0.2) is 41.3 Å². The lowest BCUT2D eigenvalue weighted by Crippen LogP contribution is -2.40. The van der Waals surface area contributed by atoms with Gasteiger partial charge < -0.3 is 28.7 Å². The van der Waals surface area contributed by atoms with Crippen LogP contribution in [0.2, 0.25) is 10.0 Å². The Kier molecular flexibility index (Phi) is 9.38. The number of imide groups is 1. The summed E-state index contributed by atoms with van der Waals surface area (Å²) in [4.78, 5) is 45.2. The molecule has 0 unspecified atom stereocenters. The molecule has 6 rings (SSSR count). The maximum atomic E-state index is 13.1. The fourth-order valence-corrected chi connectivity index (χ4v) is 5.91. The molecule has 0 radical (unpaired) electrons. The second kappa shape index (κ2) is 13.6. The lowest BCUT2D eigenvalue weighted by Gasteiger charge is -2.30. The van der Waals surface area contributed by atoms with Crippen molar-refractivity contribution in [3.8, 4) is 17.5 Å². The first-order valence-corrected chi connectivity index (χ1v) is 15.4. The van der Waals surface area contributed by atoms with Crippen molar-refractivity contribution in [1.29, 1.82) is 0 Å². The zero-order valence-corrected chi connectivity index (χ0v) is 26.0. The van der Waals surface area contributed by atoms with Gasteiger partial charge in [0.15, 0.2) is 11.5 Å². The summed E-state index contributed by atoms with van der Waals surface area (Å²) in [7, 11) is 1.52. The average molecular weight is 660 g/mol. The number of nitrogens with zero attached hydrogens (tertiary/aromatic N) is 6. The molecular weight excluding hydrogens is 631 g/mol. The fraction of sp³-hybridized carbons (Fsp3) is 0.345. The minimum absolute atomic E-state index is 0.0831. The van der Waals surface area contributed by atoms with Crippen LogP contribution in [-0.4, -0.2) is 90.7 Å². The van der Waals surface area contributed by atoms with E-state index in [2.05, 4.69) is 9.97 Å². The van der Waals surface area contributed by atoms with Gasteiger partial charge in [0.05, 0.1) is 55.0 Å². The second-order valence-corrected chi connectivity index (χ2v) is 11.8. The Bertz CT molecular complexity index is 1560. The number of carbonyl (C=O) groups is 2. The van der Waals surface area contributed by atoms with Crippen LogP contribution < -0.4 is 19.3 Å². The van der Waals surface area contributed by atoms with E-state index in [1.807, 2.05) is 9.80 Å². The first-order valence-electron chi connectivity index (χ1n) is 13.8. The normalized spacial score (nSPS) is 18.3. The minimum atomic E-state index is -0.401. The van der Waals surface area contributed by atoms with E-state index < -0.39 is 5.91 Å². The lowest BCUT2D eigenvalue weighted by molar-refractivity contribution is -0.123. The molecule has 44 heavy (non-hydrogen) atoms. The molecular formula is C29H28Cl2N6O6S. The number of aromatic nitrogens is 3. The Morgan fingerprint density at radius 3 is 2.14 bits per heavy atom. The largest absolute Gasteiger partial charge is 0.493 e. The number of hydrogen-bond donors (Lipinski definition) is 0. The maximum Gasteiger partial charge on any atom is 0.328 e. The summed E-state index contributed by atoms with van der Waals surface area (Å²) < 4.78 is 22.7. The van der Waals surface area contributed by atoms with E-state index in [0.717, 1.165) is 11.8 Å². The molecule has 1 aromatic heterocycles. The Morgan fingerprint density at radius 2 is 1.52 bits per heavy atom. The highest BCUT2D eigenvalue weighted by Gasteiger charge is 2.35. The molecule has 15 heteroatoms. The highest BCUT2D eigenvalue weighted by atomic mass is 35.5. The van der Waals surface area contributed by atoms with E-state index in [4.69, 9.17) is 47.1 Å². The van der Waals surface area contributed by atoms with Crippen LogP contribution in [0.25, 0.3) is 6.08 Å². The number of carbonyl (C=O) groups excluding carboxylic acids is 2. The lowest BCUT2D eigenvalue weighted by atomic mass is 10.1. The zero-order valence-electron chi connectivity index (χ0n) is 23.7. The number of morpholine rings is 2. The third-order valence-corrected chi connectivity index (χ3v) is 8.71. The minimum Gasteiger partial charge on any atom is -0.493 e. The third kappa shape index (κ3) is 6.87. The van der Waals surface area contributed by atoms with Gasteiger partial charge >= 0.3 is 6.01 Å². The van der Waals surface area contributed by atoms with E-state index in [0.29, 0.717) is 97.2 Å².